The molecule has 2 rings (SSSR count). The van der Waals surface area contributed by atoms with Crippen molar-refractivity contribution in [2.24, 2.45) is 5.92 Å². The molecule has 0 spiro atoms. The number of benzene rings is 1. The van der Waals surface area contributed by atoms with E-state index in [1.807, 2.05) is 20.0 Å². The lowest BCUT2D eigenvalue weighted by Crippen LogP contribution is -2.25. The zero-order chi connectivity index (χ0) is 12.1. The SMILES string of the molecule is CCOc1cccc(C(NC)C2CCOC2)c1. The number of nitrogens with one attached hydrogen (secondary N) is 1. The summed E-state index contributed by atoms with van der Waals surface area (Å²) in [7, 11) is 2.01. The maximum Gasteiger partial charge on any atom is 0.119 e. The van der Waals surface area contributed by atoms with E-state index in [0.29, 0.717) is 18.6 Å². The van der Waals surface area contributed by atoms with Crippen LogP contribution in [-0.2, 0) is 4.74 Å². The van der Waals surface area contributed by atoms with Crippen molar-refractivity contribution in [3.05, 3.63) is 29.8 Å². The predicted octanol–water partition coefficient (Wildman–Crippen LogP) is 2.38. The van der Waals surface area contributed by atoms with Crippen LogP contribution in [0.15, 0.2) is 24.3 Å². The smallest absolute Gasteiger partial charge is 0.119 e. The molecule has 94 valence electrons. The third-order valence-corrected chi connectivity index (χ3v) is 3.28. The van der Waals surface area contributed by atoms with Gasteiger partial charge in [0.1, 0.15) is 5.75 Å². The van der Waals surface area contributed by atoms with Crippen molar-refractivity contribution in [1.82, 2.24) is 5.32 Å². The first-order valence-electron chi connectivity index (χ1n) is 6.33. The minimum Gasteiger partial charge on any atom is -0.494 e. The van der Waals surface area contributed by atoms with Crippen LogP contribution in [0.4, 0.5) is 0 Å². The minimum atomic E-state index is 0.359. The quantitative estimate of drug-likeness (QED) is 0.850. The number of hydrogen-bond donors (Lipinski definition) is 1. The Morgan fingerprint density at radius 2 is 2.41 bits per heavy atom. The third-order valence-electron chi connectivity index (χ3n) is 3.28. The van der Waals surface area contributed by atoms with E-state index >= 15 is 0 Å². The molecule has 2 atom stereocenters. The molecule has 3 heteroatoms. The zero-order valence-electron chi connectivity index (χ0n) is 10.6. The number of ether oxygens (including phenoxy) is 2. The first-order valence-corrected chi connectivity index (χ1v) is 6.33. The number of rotatable bonds is 5. The van der Waals surface area contributed by atoms with Crippen molar-refractivity contribution in [2.45, 2.75) is 19.4 Å². The fourth-order valence-corrected chi connectivity index (χ4v) is 2.45. The minimum absolute atomic E-state index is 0.359. The Hall–Kier alpha value is -1.06. The molecule has 17 heavy (non-hydrogen) atoms. The molecule has 1 heterocycles. The summed E-state index contributed by atoms with van der Waals surface area (Å²) in [6.07, 6.45) is 1.13. The van der Waals surface area contributed by atoms with E-state index in [-0.39, 0.29) is 0 Å². The lowest BCUT2D eigenvalue weighted by molar-refractivity contribution is 0.177. The summed E-state index contributed by atoms with van der Waals surface area (Å²) in [6.45, 7) is 4.45. The normalized spacial score (nSPS) is 21.4. The molecular weight excluding hydrogens is 214 g/mol. The van der Waals surface area contributed by atoms with Gasteiger partial charge in [-0.3, -0.25) is 0 Å². The molecule has 3 nitrogen and oxygen atoms in total. The molecule has 1 N–H and O–H groups in total. The van der Waals surface area contributed by atoms with Crippen molar-refractivity contribution in [1.29, 1.82) is 0 Å². The Balaban J connectivity index is 2.14. The molecule has 0 bridgehead atoms. The van der Waals surface area contributed by atoms with Crippen LogP contribution in [0.5, 0.6) is 5.75 Å². The Morgan fingerprint density at radius 3 is 3.06 bits per heavy atom. The van der Waals surface area contributed by atoms with Gasteiger partial charge in [-0.25, -0.2) is 0 Å². The Kier molecular flexibility index (Phi) is 4.40. The largest absolute Gasteiger partial charge is 0.494 e. The molecule has 0 aromatic heterocycles. The highest BCUT2D eigenvalue weighted by atomic mass is 16.5. The summed E-state index contributed by atoms with van der Waals surface area (Å²) in [5.41, 5.74) is 1.29. The van der Waals surface area contributed by atoms with Crippen molar-refractivity contribution >= 4 is 0 Å². The zero-order valence-corrected chi connectivity index (χ0v) is 10.6. The molecule has 1 saturated heterocycles. The van der Waals surface area contributed by atoms with Gasteiger partial charge in [0.25, 0.3) is 0 Å². The van der Waals surface area contributed by atoms with Gasteiger partial charge in [0.05, 0.1) is 13.2 Å². The fraction of sp³-hybridized carbons (Fsp3) is 0.571. The van der Waals surface area contributed by atoms with Crippen LogP contribution < -0.4 is 10.1 Å². The van der Waals surface area contributed by atoms with Crippen LogP contribution in [0, 0.1) is 5.92 Å². The molecule has 1 fully saturated rings. The first-order chi connectivity index (χ1) is 8.35. The highest BCUT2D eigenvalue weighted by molar-refractivity contribution is 5.31. The van der Waals surface area contributed by atoms with E-state index < -0.39 is 0 Å². The van der Waals surface area contributed by atoms with Crippen LogP contribution in [0.2, 0.25) is 0 Å². The Labute approximate surface area is 103 Å². The summed E-state index contributed by atoms with van der Waals surface area (Å²) in [6, 6.07) is 8.70. The first kappa shape index (κ1) is 12.4. The molecule has 1 aromatic rings. The van der Waals surface area contributed by atoms with Gasteiger partial charge in [0.15, 0.2) is 0 Å². The molecule has 0 amide bonds. The second-order valence-electron chi connectivity index (χ2n) is 4.40. The molecule has 1 aliphatic heterocycles. The summed E-state index contributed by atoms with van der Waals surface area (Å²) in [5, 5.41) is 3.39. The van der Waals surface area contributed by atoms with E-state index in [9.17, 15) is 0 Å². The maximum absolute atomic E-state index is 5.54. The second-order valence-corrected chi connectivity index (χ2v) is 4.40. The van der Waals surface area contributed by atoms with Crippen LogP contribution in [0.1, 0.15) is 24.9 Å². The average Bonchev–Trinajstić information content (AvgIpc) is 2.85. The Bertz CT molecular complexity index is 348. The average molecular weight is 235 g/mol. The van der Waals surface area contributed by atoms with Crippen LogP contribution in [0.3, 0.4) is 0 Å². The molecule has 0 radical (unpaired) electrons. The summed E-state index contributed by atoms with van der Waals surface area (Å²) in [4.78, 5) is 0. The highest BCUT2D eigenvalue weighted by Crippen LogP contribution is 2.30. The number of hydrogen-bond acceptors (Lipinski definition) is 3. The standard InChI is InChI=1S/C14H21NO2/c1-3-17-13-6-4-5-11(9-13)14(15-2)12-7-8-16-10-12/h4-6,9,12,14-15H,3,7-8,10H2,1-2H3. The fourth-order valence-electron chi connectivity index (χ4n) is 2.45. The molecule has 1 aromatic carbocycles. The van der Waals surface area contributed by atoms with Gasteiger partial charge in [-0.15, -0.1) is 0 Å². The van der Waals surface area contributed by atoms with Gasteiger partial charge in [-0.1, -0.05) is 12.1 Å². The van der Waals surface area contributed by atoms with Gasteiger partial charge >= 0.3 is 0 Å². The van der Waals surface area contributed by atoms with E-state index in [1.165, 1.54) is 5.56 Å². The van der Waals surface area contributed by atoms with E-state index in [2.05, 4.69) is 23.5 Å². The summed E-state index contributed by atoms with van der Waals surface area (Å²) in [5.74, 6) is 1.51. The maximum atomic E-state index is 5.54. The van der Waals surface area contributed by atoms with E-state index in [4.69, 9.17) is 9.47 Å². The van der Waals surface area contributed by atoms with E-state index in [0.717, 1.165) is 25.4 Å². The second kappa shape index (κ2) is 6.03. The summed E-state index contributed by atoms with van der Waals surface area (Å²) < 4.78 is 11.0. The topological polar surface area (TPSA) is 30.5 Å². The molecule has 2 unspecified atom stereocenters. The van der Waals surface area contributed by atoms with Crippen molar-refractivity contribution in [3.8, 4) is 5.75 Å². The van der Waals surface area contributed by atoms with Gasteiger partial charge in [-0.05, 0) is 38.1 Å². The van der Waals surface area contributed by atoms with Gasteiger partial charge in [0.2, 0.25) is 0 Å². The van der Waals surface area contributed by atoms with Crippen LogP contribution >= 0.6 is 0 Å². The molecule has 0 saturated carbocycles. The lowest BCUT2D eigenvalue weighted by Gasteiger charge is -2.22. The van der Waals surface area contributed by atoms with Crippen LogP contribution in [-0.4, -0.2) is 26.9 Å². The monoisotopic (exact) mass is 235 g/mol. The van der Waals surface area contributed by atoms with Gasteiger partial charge in [0, 0.05) is 18.6 Å². The highest BCUT2D eigenvalue weighted by Gasteiger charge is 2.25. The summed E-state index contributed by atoms with van der Waals surface area (Å²) >= 11 is 0. The van der Waals surface area contributed by atoms with Crippen molar-refractivity contribution < 1.29 is 9.47 Å². The predicted molar refractivity (Wildman–Crippen MR) is 68.3 cm³/mol. The third kappa shape index (κ3) is 2.99. The molecule has 1 aliphatic rings. The molecular formula is C14H21NO2. The van der Waals surface area contributed by atoms with Crippen molar-refractivity contribution in [3.63, 3.8) is 0 Å². The van der Waals surface area contributed by atoms with Crippen LogP contribution in [0.25, 0.3) is 0 Å². The molecule has 0 aliphatic carbocycles. The van der Waals surface area contributed by atoms with Gasteiger partial charge < -0.3 is 14.8 Å². The van der Waals surface area contributed by atoms with Crippen molar-refractivity contribution in [2.75, 3.05) is 26.9 Å². The van der Waals surface area contributed by atoms with Gasteiger partial charge in [-0.2, -0.15) is 0 Å². The van der Waals surface area contributed by atoms with E-state index in [1.54, 1.807) is 0 Å². The Morgan fingerprint density at radius 1 is 1.53 bits per heavy atom. The lowest BCUT2D eigenvalue weighted by atomic mass is 9.92.